The van der Waals surface area contributed by atoms with E-state index in [2.05, 4.69) is 0 Å². The van der Waals surface area contributed by atoms with Gasteiger partial charge in [0.2, 0.25) is 0 Å². The number of halogens is 1. The van der Waals surface area contributed by atoms with Crippen molar-refractivity contribution in [3.63, 3.8) is 0 Å². The smallest absolute Gasteiger partial charge is 0.167 e. The van der Waals surface area contributed by atoms with Crippen LogP contribution in [0.3, 0.4) is 0 Å². The fourth-order valence-electron chi connectivity index (χ4n) is 0.673. The molecule has 0 amide bonds. The molecule has 0 unspecified atom stereocenters. The van der Waals surface area contributed by atoms with Gasteiger partial charge in [0.15, 0.2) is 8.83 Å². The lowest BCUT2D eigenvalue weighted by Gasteiger charge is -2.00. The van der Waals surface area contributed by atoms with Crippen LogP contribution in [0.5, 0.6) is 5.75 Å². The Morgan fingerprint density at radius 2 is 2.00 bits per heavy atom. The number of para-hydroxylation sites is 1. The average molecular weight is 173 g/mol. The summed E-state index contributed by atoms with van der Waals surface area (Å²) in [6, 6.07) is 9.73. The summed E-state index contributed by atoms with van der Waals surface area (Å²) in [5, 5.41) is 0. The molecular formula is C7H9ClOSi. The van der Waals surface area contributed by atoms with Gasteiger partial charge >= 0.3 is 0 Å². The first-order valence-corrected chi connectivity index (χ1v) is 6.31. The second kappa shape index (κ2) is 4.36. The highest BCUT2D eigenvalue weighted by Crippen LogP contribution is 2.07. The number of ether oxygens (including phenoxy) is 1. The predicted octanol–water partition coefficient (Wildman–Crippen LogP) is 1.35. The van der Waals surface area contributed by atoms with Crippen LogP contribution in [0.25, 0.3) is 0 Å². The number of hydrogen-bond acceptors (Lipinski definition) is 1. The zero-order valence-corrected chi connectivity index (χ0v) is 7.76. The lowest BCUT2D eigenvalue weighted by atomic mass is 10.3. The van der Waals surface area contributed by atoms with E-state index in [0.717, 1.165) is 5.75 Å². The minimum atomic E-state index is -0.480. The molecule has 1 aromatic rings. The molecule has 0 saturated heterocycles. The molecule has 3 heteroatoms. The van der Waals surface area contributed by atoms with Gasteiger partial charge in [-0.1, -0.05) is 18.2 Å². The van der Waals surface area contributed by atoms with E-state index in [1.165, 1.54) is 0 Å². The van der Waals surface area contributed by atoms with Crippen molar-refractivity contribution in [1.29, 1.82) is 0 Å². The third-order valence-corrected chi connectivity index (χ3v) is 1.91. The third kappa shape index (κ3) is 2.41. The Morgan fingerprint density at radius 1 is 1.30 bits per heavy atom. The van der Waals surface area contributed by atoms with E-state index in [9.17, 15) is 0 Å². The van der Waals surface area contributed by atoms with Crippen LogP contribution in [0.1, 0.15) is 0 Å². The molecule has 1 nitrogen and oxygen atoms in total. The Kier molecular flexibility index (Phi) is 3.33. The van der Waals surface area contributed by atoms with E-state index in [1.807, 2.05) is 30.3 Å². The van der Waals surface area contributed by atoms with Crippen molar-refractivity contribution in [3.8, 4) is 5.75 Å². The van der Waals surface area contributed by atoms with Crippen LogP contribution < -0.4 is 4.74 Å². The summed E-state index contributed by atoms with van der Waals surface area (Å²) >= 11 is 5.57. The summed E-state index contributed by atoms with van der Waals surface area (Å²) in [6.45, 7) is 0. The van der Waals surface area contributed by atoms with Crippen LogP contribution in [0.2, 0.25) is 0 Å². The normalized spacial score (nSPS) is 10.5. The molecule has 0 saturated carbocycles. The predicted molar refractivity (Wildman–Crippen MR) is 46.3 cm³/mol. The lowest BCUT2D eigenvalue weighted by molar-refractivity contribution is 0.386. The molecule has 0 heterocycles. The van der Waals surface area contributed by atoms with Crippen molar-refractivity contribution in [2.75, 3.05) is 6.23 Å². The van der Waals surface area contributed by atoms with Crippen LogP contribution in [0, 0.1) is 0 Å². The van der Waals surface area contributed by atoms with Crippen LogP contribution in [0.15, 0.2) is 30.3 Å². The third-order valence-electron chi connectivity index (χ3n) is 1.09. The maximum Gasteiger partial charge on any atom is 0.167 e. The van der Waals surface area contributed by atoms with E-state index in [0.29, 0.717) is 6.23 Å². The molecule has 0 aromatic heterocycles. The monoisotopic (exact) mass is 172 g/mol. The molecule has 0 aliphatic rings. The minimum absolute atomic E-state index is 0.480. The second-order valence-corrected chi connectivity index (χ2v) is 3.77. The molecule has 54 valence electrons. The maximum atomic E-state index is 5.57. The molecule has 1 aromatic carbocycles. The summed E-state index contributed by atoms with van der Waals surface area (Å²) in [7, 11) is -0.480. The summed E-state index contributed by atoms with van der Waals surface area (Å²) in [5.41, 5.74) is 0. The molecule has 0 bridgehead atoms. The topological polar surface area (TPSA) is 9.23 Å². The summed E-state index contributed by atoms with van der Waals surface area (Å²) in [4.78, 5) is 0. The Labute approximate surface area is 67.5 Å². The zero-order valence-electron chi connectivity index (χ0n) is 5.59. The van der Waals surface area contributed by atoms with Crippen molar-refractivity contribution in [1.82, 2.24) is 0 Å². The van der Waals surface area contributed by atoms with Gasteiger partial charge in [-0.2, -0.15) is 11.1 Å². The van der Waals surface area contributed by atoms with E-state index in [4.69, 9.17) is 15.8 Å². The first-order valence-electron chi connectivity index (χ1n) is 3.17. The van der Waals surface area contributed by atoms with Crippen LogP contribution in [-0.2, 0) is 0 Å². The first-order chi connectivity index (χ1) is 4.93. The largest absolute Gasteiger partial charge is 0.496 e. The number of rotatable bonds is 3. The number of benzene rings is 1. The molecule has 0 aliphatic carbocycles. The molecule has 0 spiro atoms. The van der Waals surface area contributed by atoms with Crippen LogP contribution >= 0.6 is 11.1 Å². The van der Waals surface area contributed by atoms with Gasteiger partial charge in [-0.05, 0) is 12.1 Å². The van der Waals surface area contributed by atoms with E-state index >= 15 is 0 Å². The number of hydrogen-bond donors (Lipinski definition) is 0. The summed E-state index contributed by atoms with van der Waals surface area (Å²) in [6.07, 6.45) is 0.714. The van der Waals surface area contributed by atoms with E-state index in [-0.39, 0.29) is 0 Å². The molecule has 0 N–H and O–H groups in total. The van der Waals surface area contributed by atoms with Crippen molar-refractivity contribution in [3.05, 3.63) is 30.3 Å². The summed E-state index contributed by atoms with van der Waals surface area (Å²) < 4.78 is 5.28. The van der Waals surface area contributed by atoms with Crippen LogP contribution in [0.4, 0.5) is 0 Å². The van der Waals surface area contributed by atoms with Crippen LogP contribution in [-0.4, -0.2) is 15.1 Å². The highest BCUT2D eigenvalue weighted by molar-refractivity contribution is 6.93. The lowest BCUT2D eigenvalue weighted by Crippen LogP contribution is -2.00. The minimum Gasteiger partial charge on any atom is -0.496 e. The molecule has 0 aliphatic heterocycles. The quantitative estimate of drug-likeness (QED) is 0.494. The molecular weight excluding hydrogens is 164 g/mol. The van der Waals surface area contributed by atoms with Crippen molar-refractivity contribution >= 4 is 19.9 Å². The van der Waals surface area contributed by atoms with Gasteiger partial charge in [0.05, 0.1) is 6.23 Å². The molecule has 0 atom stereocenters. The Morgan fingerprint density at radius 3 is 2.60 bits per heavy atom. The van der Waals surface area contributed by atoms with Crippen molar-refractivity contribution < 1.29 is 4.74 Å². The van der Waals surface area contributed by atoms with Crippen molar-refractivity contribution in [2.24, 2.45) is 0 Å². The van der Waals surface area contributed by atoms with Gasteiger partial charge in [-0.15, -0.1) is 0 Å². The Hall–Kier alpha value is -0.473. The van der Waals surface area contributed by atoms with Gasteiger partial charge in [0, 0.05) is 0 Å². The molecule has 0 fully saturated rings. The fourth-order valence-corrected chi connectivity index (χ4v) is 1.22. The van der Waals surface area contributed by atoms with Gasteiger partial charge in [0.25, 0.3) is 0 Å². The van der Waals surface area contributed by atoms with E-state index in [1.54, 1.807) is 0 Å². The van der Waals surface area contributed by atoms with Gasteiger partial charge in [-0.3, -0.25) is 0 Å². The fraction of sp³-hybridized carbons (Fsp3) is 0.143. The zero-order chi connectivity index (χ0) is 7.23. The average Bonchev–Trinajstić information content (AvgIpc) is 2.03. The SMILES string of the molecule is Cl[SiH2]COc1ccccc1. The van der Waals surface area contributed by atoms with Gasteiger partial charge in [0.1, 0.15) is 5.75 Å². The second-order valence-electron chi connectivity index (χ2n) is 1.85. The first kappa shape index (κ1) is 7.63. The van der Waals surface area contributed by atoms with Crippen molar-refractivity contribution in [2.45, 2.75) is 0 Å². The van der Waals surface area contributed by atoms with Gasteiger partial charge < -0.3 is 4.74 Å². The summed E-state index contributed by atoms with van der Waals surface area (Å²) in [5.74, 6) is 0.913. The molecule has 0 radical (unpaired) electrons. The van der Waals surface area contributed by atoms with Gasteiger partial charge in [-0.25, -0.2) is 0 Å². The standard InChI is InChI=1S/C7H9ClOSi/c8-10-6-9-7-4-2-1-3-5-7/h1-5H,6,10H2. The highest BCUT2D eigenvalue weighted by Gasteiger charge is 1.87. The molecule has 10 heavy (non-hydrogen) atoms. The molecule has 1 rings (SSSR count). The Balaban J connectivity index is 2.43. The highest BCUT2D eigenvalue weighted by atomic mass is 35.6. The maximum absolute atomic E-state index is 5.57. The Bertz CT molecular complexity index is 178. The van der Waals surface area contributed by atoms with E-state index < -0.39 is 8.83 Å².